The van der Waals surface area contributed by atoms with Gasteiger partial charge in [0.05, 0.1) is 4.90 Å². The van der Waals surface area contributed by atoms with Crippen LogP contribution in [0.1, 0.15) is 16.7 Å². The first kappa shape index (κ1) is 14.6. The van der Waals surface area contributed by atoms with Crippen molar-refractivity contribution in [2.24, 2.45) is 0 Å². The van der Waals surface area contributed by atoms with Crippen molar-refractivity contribution in [2.45, 2.75) is 18.1 Å². The van der Waals surface area contributed by atoms with E-state index in [2.05, 4.69) is 0 Å². The molecule has 0 atom stereocenters. The highest BCUT2D eigenvalue weighted by Gasteiger charge is 2.26. The van der Waals surface area contributed by atoms with Crippen molar-refractivity contribution < 1.29 is 25.3 Å². The van der Waals surface area contributed by atoms with E-state index in [9.17, 15) is 25.3 Å². The Hall–Kier alpha value is -1.49. The third kappa shape index (κ3) is 3.50. The van der Waals surface area contributed by atoms with Gasteiger partial charge in [-0.3, -0.25) is 0 Å². The summed E-state index contributed by atoms with van der Waals surface area (Å²) >= 11 is 0. The molecule has 8 heteroatoms. The fourth-order valence-electron chi connectivity index (χ4n) is 1.50. The Kier molecular flexibility index (Phi) is 3.76. The molecule has 0 aliphatic heterocycles. The molecule has 0 radical (unpaired) electrons. The van der Waals surface area contributed by atoms with Crippen LogP contribution in [0.25, 0.3) is 0 Å². The molecule has 1 rings (SSSR count). The van der Waals surface area contributed by atoms with Crippen LogP contribution < -0.4 is 0 Å². The summed E-state index contributed by atoms with van der Waals surface area (Å²) in [5.41, 5.74) is -0.262. The monoisotopic (exact) mass is 279 g/mol. The third-order valence-electron chi connectivity index (χ3n) is 2.38. The van der Waals surface area contributed by atoms with Crippen molar-refractivity contribution in [2.75, 3.05) is 0 Å². The van der Waals surface area contributed by atoms with Crippen LogP contribution in [0.2, 0.25) is 0 Å². The highest BCUT2D eigenvalue weighted by Crippen LogP contribution is 2.25. The molecule has 1 aromatic rings. The molecule has 0 aliphatic carbocycles. The molecule has 98 valence electrons. The molecule has 0 unspecified atom stereocenters. The van der Waals surface area contributed by atoms with Crippen LogP contribution in [0.15, 0.2) is 17.0 Å². The normalized spacial score (nSPS) is 12.2. The summed E-state index contributed by atoms with van der Waals surface area (Å²) < 4.78 is 71.3. The second kappa shape index (κ2) is 4.65. The Bertz CT molecular complexity index is 614. The predicted molar refractivity (Wildman–Crippen MR) is 60.2 cm³/mol. The SMILES string of the molecule is C#Cc1cc(S(=O)(=O)F)cc(C[B-](F)(F)F)c1C. The van der Waals surface area contributed by atoms with Crippen molar-refractivity contribution in [3.63, 3.8) is 0 Å². The Morgan fingerprint density at radius 2 is 1.89 bits per heavy atom. The Morgan fingerprint density at radius 3 is 2.28 bits per heavy atom. The highest BCUT2D eigenvalue weighted by molar-refractivity contribution is 7.86. The lowest BCUT2D eigenvalue weighted by Crippen LogP contribution is -2.20. The number of halogens is 4. The van der Waals surface area contributed by atoms with E-state index in [0.29, 0.717) is 6.07 Å². The first-order chi connectivity index (χ1) is 8.04. The second-order valence-electron chi connectivity index (χ2n) is 3.75. The van der Waals surface area contributed by atoms with Crippen LogP contribution in [0.4, 0.5) is 16.8 Å². The third-order valence-corrected chi connectivity index (χ3v) is 3.18. The van der Waals surface area contributed by atoms with E-state index >= 15 is 0 Å². The molecule has 0 bridgehead atoms. The maximum atomic E-state index is 12.8. The minimum atomic E-state index is -5.16. The van der Waals surface area contributed by atoms with Crippen LogP contribution >= 0.6 is 0 Å². The topological polar surface area (TPSA) is 34.1 Å². The van der Waals surface area contributed by atoms with E-state index in [1.54, 1.807) is 0 Å². The van der Waals surface area contributed by atoms with Gasteiger partial charge < -0.3 is 12.9 Å². The number of benzene rings is 1. The predicted octanol–water partition coefficient (Wildman–Crippen LogP) is 2.56. The van der Waals surface area contributed by atoms with Crippen molar-refractivity contribution in [1.82, 2.24) is 0 Å². The van der Waals surface area contributed by atoms with Gasteiger partial charge >= 0.3 is 17.2 Å². The van der Waals surface area contributed by atoms with Gasteiger partial charge in [-0.1, -0.05) is 17.8 Å². The summed E-state index contributed by atoms with van der Waals surface area (Å²) in [4.78, 5) is -0.851. The largest absolute Gasteiger partial charge is 0.482 e. The molecule has 0 N–H and O–H groups in total. The van der Waals surface area contributed by atoms with Gasteiger partial charge in [0, 0.05) is 5.56 Å². The molecule has 1 aromatic carbocycles. The molecule has 0 fully saturated rings. The van der Waals surface area contributed by atoms with Gasteiger partial charge in [0.15, 0.2) is 0 Å². The number of hydrogen-bond acceptors (Lipinski definition) is 2. The molecule has 0 heterocycles. The Morgan fingerprint density at radius 1 is 1.33 bits per heavy atom. The van der Waals surface area contributed by atoms with E-state index in [0.717, 1.165) is 6.07 Å². The molecule has 18 heavy (non-hydrogen) atoms. The van der Waals surface area contributed by atoms with Crippen LogP contribution in [0.3, 0.4) is 0 Å². The molecular weight excluding hydrogens is 271 g/mol. The van der Waals surface area contributed by atoms with Crippen molar-refractivity contribution in [3.8, 4) is 12.3 Å². The van der Waals surface area contributed by atoms with Crippen LogP contribution in [0.5, 0.6) is 0 Å². The van der Waals surface area contributed by atoms with Gasteiger partial charge in [-0.15, -0.1) is 10.3 Å². The molecule has 0 spiro atoms. The van der Waals surface area contributed by atoms with E-state index in [4.69, 9.17) is 6.42 Å². The molecular formula is C10H8BF4O2S-. The summed E-state index contributed by atoms with van der Waals surface area (Å²) in [6.07, 6.45) is 3.75. The maximum Gasteiger partial charge on any atom is 0.482 e. The lowest BCUT2D eigenvalue weighted by molar-refractivity contribution is 0.468. The van der Waals surface area contributed by atoms with Gasteiger partial charge in [-0.2, -0.15) is 8.42 Å². The van der Waals surface area contributed by atoms with Crippen LogP contribution in [-0.2, 0) is 16.5 Å². The average molecular weight is 279 g/mol. The molecule has 0 saturated heterocycles. The second-order valence-corrected chi connectivity index (χ2v) is 5.10. The lowest BCUT2D eigenvalue weighted by atomic mass is 9.79. The van der Waals surface area contributed by atoms with Crippen LogP contribution in [-0.4, -0.2) is 15.4 Å². The van der Waals surface area contributed by atoms with Gasteiger partial charge in [0.25, 0.3) is 0 Å². The van der Waals surface area contributed by atoms with Gasteiger partial charge in [0.2, 0.25) is 0 Å². The summed E-state index contributed by atoms with van der Waals surface area (Å²) in [6.45, 7) is -3.83. The zero-order chi connectivity index (χ0) is 14.1. The molecule has 0 saturated carbocycles. The number of rotatable bonds is 3. The average Bonchev–Trinajstić information content (AvgIpc) is 2.17. The van der Waals surface area contributed by atoms with Crippen molar-refractivity contribution in [3.05, 3.63) is 28.8 Å². The Labute approximate surface area is 102 Å². The minimum absolute atomic E-state index is 0.0659. The zero-order valence-corrected chi connectivity index (χ0v) is 10.1. The van der Waals surface area contributed by atoms with E-state index < -0.39 is 28.4 Å². The summed E-state index contributed by atoms with van der Waals surface area (Å²) in [7, 11) is -5.09. The van der Waals surface area contributed by atoms with Crippen LogP contribution in [0, 0.1) is 19.3 Å². The quantitative estimate of drug-likeness (QED) is 0.369. The standard InChI is InChI=1S/C10H8BF4O2S/c1-3-8-4-10(18(15,16)17)5-9(7(8)2)6-11(12,13)14/h1,4-5H,6H2,2H3/q-1. The smallest absolute Gasteiger partial charge is 0.449 e. The molecule has 0 aromatic heterocycles. The Balaban J connectivity index is 3.48. The van der Waals surface area contributed by atoms with E-state index in [1.165, 1.54) is 6.92 Å². The minimum Gasteiger partial charge on any atom is -0.449 e. The first-order valence-electron chi connectivity index (χ1n) is 4.80. The zero-order valence-electron chi connectivity index (χ0n) is 9.25. The maximum absolute atomic E-state index is 12.8. The fraction of sp³-hybridized carbons (Fsp3) is 0.200. The van der Waals surface area contributed by atoms with Gasteiger partial charge in [-0.25, -0.2) is 0 Å². The molecule has 0 amide bonds. The molecule has 2 nitrogen and oxygen atoms in total. The highest BCUT2D eigenvalue weighted by atomic mass is 32.3. The molecule has 0 aliphatic rings. The lowest BCUT2D eigenvalue weighted by Gasteiger charge is -2.17. The first-order valence-corrected chi connectivity index (χ1v) is 6.19. The number of terminal acetylenes is 1. The van der Waals surface area contributed by atoms with Gasteiger partial charge in [-0.05, 0) is 24.6 Å². The van der Waals surface area contributed by atoms with E-state index in [1.807, 2.05) is 5.92 Å². The summed E-state index contributed by atoms with van der Waals surface area (Å²) in [5.74, 6) is 2.04. The fourth-order valence-corrected chi connectivity index (χ4v) is 2.04. The number of hydrogen-bond donors (Lipinski definition) is 0. The van der Waals surface area contributed by atoms with Gasteiger partial charge in [0.1, 0.15) is 0 Å². The van der Waals surface area contributed by atoms with Crippen molar-refractivity contribution >= 4 is 17.2 Å². The summed E-state index contributed by atoms with van der Waals surface area (Å²) in [6, 6.07) is 1.51. The van der Waals surface area contributed by atoms with E-state index in [-0.39, 0.29) is 16.7 Å². The van der Waals surface area contributed by atoms with Crippen molar-refractivity contribution in [1.29, 1.82) is 0 Å². The summed E-state index contributed by atoms with van der Waals surface area (Å²) in [5, 5.41) is 0.